The Balaban J connectivity index is 1.53. The van der Waals surface area contributed by atoms with Crippen molar-refractivity contribution in [1.82, 2.24) is 20.1 Å². The van der Waals surface area contributed by atoms with Crippen molar-refractivity contribution >= 4 is 22.7 Å². The zero-order valence-corrected chi connectivity index (χ0v) is 22.3. The SMILES string of the molecule is Cc1cc2cnn(CC(=O)NC(Cc3cc(F)cc(F)c3)c3ncccc3-c3ccc(F)c(C(N)=O)c3)c2cc1C. The van der Waals surface area contributed by atoms with E-state index in [2.05, 4.69) is 15.4 Å². The molecule has 2 amide bonds. The standard InChI is InChI=1S/C31H26F3N5O2/c1-17-8-21-15-37-39(28(21)9-18(17)2)16-29(40)38-27(12-19-10-22(32)14-23(33)11-19)30-24(4-3-7-36-30)20-5-6-26(34)25(13-20)31(35)41/h3-11,13-15,27H,12,16H2,1-2H3,(H2,35,41)(H,38,40). The van der Waals surface area contributed by atoms with E-state index < -0.39 is 35.3 Å². The van der Waals surface area contributed by atoms with Crippen LogP contribution in [0.2, 0.25) is 0 Å². The average molecular weight is 558 g/mol. The predicted molar refractivity (Wildman–Crippen MR) is 148 cm³/mol. The van der Waals surface area contributed by atoms with Gasteiger partial charge < -0.3 is 11.1 Å². The fraction of sp³-hybridized carbons (Fsp3) is 0.161. The van der Waals surface area contributed by atoms with Crippen LogP contribution in [0.25, 0.3) is 22.0 Å². The molecular formula is C31H26F3N5O2. The maximum atomic E-state index is 14.2. The van der Waals surface area contributed by atoms with Gasteiger partial charge in [-0.15, -0.1) is 0 Å². The highest BCUT2D eigenvalue weighted by atomic mass is 19.1. The van der Waals surface area contributed by atoms with Crippen molar-refractivity contribution in [3.05, 3.63) is 118 Å². The molecular weight excluding hydrogens is 531 g/mol. The number of benzene rings is 3. The summed E-state index contributed by atoms with van der Waals surface area (Å²) in [5, 5.41) is 8.19. The molecule has 2 aromatic heterocycles. The molecule has 0 fully saturated rings. The molecule has 0 spiro atoms. The van der Waals surface area contributed by atoms with Crippen LogP contribution in [0.15, 0.2) is 73.1 Å². The van der Waals surface area contributed by atoms with Crippen molar-refractivity contribution in [2.75, 3.05) is 0 Å². The quantitative estimate of drug-likeness (QED) is 0.269. The van der Waals surface area contributed by atoms with Gasteiger partial charge in [-0.1, -0.05) is 12.1 Å². The molecule has 3 aromatic carbocycles. The number of primary amides is 1. The Bertz CT molecular complexity index is 1780. The van der Waals surface area contributed by atoms with Gasteiger partial charge in [-0.2, -0.15) is 5.10 Å². The Morgan fingerprint density at radius 2 is 1.71 bits per heavy atom. The number of nitrogens with one attached hydrogen (secondary N) is 1. The van der Waals surface area contributed by atoms with E-state index in [-0.39, 0.29) is 24.1 Å². The molecule has 3 N–H and O–H groups in total. The third-order valence-corrected chi connectivity index (χ3v) is 6.96. The normalized spacial score (nSPS) is 11.9. The Kier molecular flexibility index (Phi) is 7.56. The minimum Gasteiger partial charge on any atom is -0.366 e. The van der Waals surface area contributed by atoms with Crippen LogP contribution in [0.1, 0.15) is 38.8 Å². The lowest BCUT2D eigenvalue weighted by Crippen LogP contribution is -2.34. The lowest BCUT2D eigenvalue weighted by Gasteiger charge is -2.22. The summed E-state index contributed by atoms with van der Waals surface area (Å²) >= 11 is 0. The number of amides is 2. The summed E-state index contributed by atoms with van der Waals surface area (Å²) in [7, 11) is 0. The fourth-order valence-corrected chi connectivity index (χ4v) is 4.85. The Morgan fingerprint density at radius 3 is 2.44 bits per heavy atom. The number of hydrogen-bond acceptors (Lipinski definition) is 4. The van der Waals surface area contributed by atoms with E-state index in [1.807, 2.05) is 26.0 Å². The second-order valence-electron chi connectivity index (χ2n) is 9.89. The number of fused-ring (bicyclic) bond motifs is 1. The van der Waals surface area contributed by atoms with Gasteiger partial charge in [-0.05, 0) is 85.0 Å². The maximum absolute atomic E-state index is 14.2. The third kappa shape index (κ3) is 5.96. The van der Waals surface area contributed by atoms with Crippen LogP contribution in [0, 0.1) is 31.3 Å². The first-order valence-corrected chi connectivity index (χ1v) is 12.8. The highest BCUT2D eigenvalue weighted by Gasteiger charge is 2.23. The first-order valence-electron chi connectivity index (χ1n) is 12.8. The van der Waals surface area contributed by atoms with Gasteiger partial charge in [0.15, 0.2) is 0 Å². The molecule has 5 rings (SSSR count). The van der Waals surface area contributed by atoms with Crippen LogP contribution in [0.5, 0.6) is 0 Å². The second kappa shape index (κ2) is 11.2. The van der Waals surface area contributed by atoms with Crippen molar-refractivity contribution in [3.63, 3.8) is 0 Å². The summed E-state index contributed by atoms with van der Waals surface area (Å²) < 4.78 is 43.9. The van der Waals surface area contributed by atoms with Crippen LogP contribution < -0.4 is 11.1 Å². The molecule has 0 radical (unpaired) electrons. The number of nitrogens with two attached hydrogens (primary N) is 1. The van der Waals surface area contributed by atoms with Gasteiger partial charge in [0.2, 0.25) is 5.91 Å². The van der Waals surface area contributed by atoms with E-state index in [0.29, 0.717) is 16.8 Å². The van der Waals surface area contributed by atoms with E-state index in [0.717, 1.165) is 34.2 Å². The maximum Gasteiger partial charge on any atom is 0.251 e. The summed E-state index contributed by atoms with van der Waals surface area (Å²) in [5.41, 5.74) is 9.53. The van der Waals surface area contributed by atoms with Gasteiger partial charge in [0.1, 0.15) is 24.0 Å². The number of hydrogen-bond donors (Lipinski definition) is 2. The van der Waals surface area contributed by atoms with Crippen molar-refractivity contribution in [3.8, 4) is 11.1 Å². The summed E-state index contributed by atoms with van der Waals surface area (Å²) in [6, 6.07) is 13.4. The molecule has 0 aliphatic carbocycles. The monoisotopic (exact) mass is 557 g/mol. The summed E-state index contributed by atoms with van der Waals surface area (Å²) in [5.74, 6) is -3.65. The molecule has 0 saturated carbocycles. The van der Waals surface area contributed by atoms with Gasteiger partial charge in [-0.25, -0.2) is 13.2 Å². The zero-order chi connectivity index (χ0) is 29.3. The molecule has 10 heteroatoms. The number of aromatic nitrogens is 3. The number of pyridine rings is 1. The number of carbonyl (C=O) groups excluding carboxylic acids is 2. The van der Waals surface area contributed by atoms with Crippen LogP contribution in [-0.2, 0) is 17.8 Å². The van der Waals surface area contributed by atoms with Gasteiger partial charge in [0.05, 0.1) is 29.0 Å². The van der Waals surface area contributed by atoms with E-state index >= 15 is 0 Å². The van der Waals surface area contributed by atoms with E-state index in [4.69, 9.17) is 5.73 Å². The smallest absolute Gasteiger partial charge is 0.251 e. The minimum atomic E-state index is -0.938. The average Bonchev–Trinajstić information content (AvgIpc) is 3.28. The van der Waals surface area contributed by atoms with Crippen LogP contribution in [0.3, 0.4) is 0 Å². The molecule has 1 atom stereocenters. The van der Waals surface area contributed by atoms with Gasteiger partial charge in [-0.3, -0.25) is 19.3 Å². The molecule has 0 bridgehead atoms. The summed E-state index contributed by atoms with van der Waals surface area (Å²) in [6.45, 7) is 3.85. The fourth-order valence-electron chi connectivity index (χ4n) is 4.85. The lowest BCUT2D eigenvalue weighted by atomic mass is 9.94. The highest BCUT2D eigenvalue weighted by Crippen LogP contribution is 2.30. The minimum absolute atomic E-state index is 0.00748. The Hall–Kier alpha value is -4.99. The predicted octanol–water partition coefficient (Wildman–Crippen LogP) is 5.33. The third-order valence-electron chi connectivity index (χ3n) is 6.96. The van der Waals surface area contributed by atoms with E-state index in [1.165, 1.54) is 30.5 Å². The van der Waals surface area contributed by atoms with Crippen molar-refractivity contribution in [2.24, 2.45) is 5.73 Å². The molecule has 7 nitrogen and oxygen atoms in total. The Morgan fingerprint density at radius 1 is 0.976 bits per heavy atom. The van der Waals surface area contributed by atoms with Gasteiger partial charge in [0.25, 0.3) is 5.91 Å². The first kappa shape index (κ1) is 27.6. The summed E-state index contributed by atoms with van der Waals surface area (Å²) in [6.07, 6.45) is 3.19. The number of carbonyl (C=O) groups is 2. The van der Waals surface area contributed by atoms with Crippen LogP contribution in [0.4, 0.5) is 13.2 Å². The number of aryl methyl sites for hydroxylation is 2. The van der Waals surface area contributed by atoms with E-state index in [9.17, 15) is 22.8 Å². The number of nitrogens with zero attached hydrogens (tertiary/aromatic N) is 3. The second-order valence-corrected chi connectivity index (χ2v) is 9.89. The molecule has 1 unspecified atom stereocenters. The molecule has 2 heterocycles. The molecule has 208 valence electrons. The largest absolute Gasteiger partial charge is 0.366 e. The van der Waals surface area contributed by atoms with Crippen molar-refractivity contribution in [2.45, 2.75) is 32.9 Å². The van der Waals surface area contributed by atoms with E-state index in [1.54, 1.807) is 23.0 Å². The molecule has 0 aliphatic rings. The topological polar surface area (TPSA) is 103 Å². The highest BCUT2D eigenvalue weighted by molar-refractivity contribution is 5.94. The number of rotatable bonds is 8. The van der Waals surface area contributed by atoms with Crippen molar-refractivity contribution < 1.29 is 22.8 Å². The molecule has 0 saturated heterocycles. The zero-order valence-electron chi connectivity index (χ0n) is 22.3. The molecule has 5 aromatic rings. The van der Waals surface area contributed by atoms with Crippen LogP contribution in [-0.4, -0.2) is 26.6 Å². The van der Waals surface area contributed by atoms with Gasteiger partial charge in [0, 0.05) is 23.2 Å². The molecule has 41 heavy (non-hydrogen) atoms. The van der Waals surface area contributed by atoms with Crippen LogP contribution >= 0.6 is 0 Å². The van der Waals surface area contributed by atoms with Crippen molar-refractivity contribution in [1.29, 1.82) is 0 Å². The number of halogens is 3. The van der Waals surface area contributed by atoms with Gasteiger partial charge >= 0.3 is 0 Å². The summed E-state index contributed by atoms with van der Waals surface area (Å²) in [4.78, 5) is 29.7. The molecule has 0 aliphatic heterocycles. The lowest BCUT2D eigenvalue weighted by molar-refractivity contribution is -0.122. The first-order chi connectivity index (χ1) is 19.6. The Labute approximate surface area is 233 Å².